The molecule has 2 aliphatic rings. The molecule has 0 radical (unpaired) electrons. The lowest BCUT2D eigenvalue weighted by molar-refractivity contribution is -0.113. The molecule has 2 atom stereocenters. The second-order valence-electron chi connectivity index (χ2n) is 9.35. The van der Waals surface area contributed by atoms with E-state index in [2.05, 4.69) is 38.8 Å². The lowest BCUT2D eigenvalue weighted by Gasteiger charge is -2.35. The van der Waals surface area contributed by atoms with Crippen LogP contribution in [0.3, 0.4) is 0 Å². The van der Waals surface area contributed by atoms with Crippen molar-refractivity contribution < 1.29 is 18.7 Å². The Labute approximate surface area is 209 Å². The van der Waals surface area contributed by atoms with Gasteiger partial charge in [0.25, 0.3) is 0 Å². The Hall–Kier alpha value is -3.14. The summed E-state index contributed by atoms with van der Waals surface area (Å²) in [5, 5.41) is 12.6. The van der Waals surface area contributed by atoms with Gasteiger partial charge in [-0.3, -0.25) is 9.36 Å². The Balaban J connectivity index is 1.28. The molecule has 0 bridgehead atoms. The third kappa shape index (κ3) is 5.75. The minimum atomic E-state index is -0.126. The van der Waals surface area contributed by atoms with Crippen molar-refractivity contribution in [3.63, 3.8) is 0 Å². The van der Waals surface area contributed by atoms with Crippen LogP contribution in [0.25, 0.3) is 0 Å². The summed E-state index contributed by atoms with van der Waals surface area (Å²) in [5.41, 5.74) is 0.675. The molecule has 1 N–H and O–H groups in total. The highest BCUT2D eigenvalue weighted by Gasteiger charge is 2.27. The number of hydrogen-bond donors (Lipinski definition) is 1. The number of rotatable bonds is 7. The van der Waals surface area contributed by atoms with Crippen LogP contribution in [-0.2, 0) is 11.3 Å². The first kappa shape index (κ1) is 23.6. The van der Waals surface area contributed by atoms with Crippen LogP contribution in [0.5, 0.6) is 11.5 Å². The van der Waals surface area contributed by atoms with Gasteiger partial charge in [0.15, 0.2) is 16.7 Å². The Bertz CT molecular complexity index is 1140. The number of anilines is 2. The number of aromatic nitrogens is 3. The largest absolute Gasteiger partial charge is 0.490 e. The maximum absolute atomic E-state index is 12.8. The molecule has 5 rings (SSSR count). The second kappa shape index (κ2) is 10.6. The van der Waals surface area contributed by atoms with Crippen molar-refractivity contribution in [3.05, 3.63) is 42.4 Å². The fourth-order valence-electron chi connectivity index (χ4n) is 4.71. The molecule has 0 aliphatic carbocycles. The minimum Gasteiger partial charge on any atom is -0.490 e. The van der Waals surface area contributed by atoms with E-state index >= 15 is 0 Å². The Kier molecular flexibility index (Phi) is 7.17. The van der Waals surface area contributed by atoms with Crippen LogP contribution in [0, 0.1) is 11.8 Å². The number of nitrogens with zero attached hydrogens (tertiary/aromatic N) is 4. The van der Waals surface area contributed by atoms with E-state index in [-0.39, 0.29) is 11.7 Å². The molecule has 2 aromatic heterocycles. The highest BCUT2D eigenvalue weighted by Crippen LogP contribution is 2.33. The number of furan rings is 1. The number of fused-ring (bicyclic) bond motifs is 1. The smallest absolute Gasteiger partial charge is 0.234 e. The van der Waals surface area contributed by atoms with E-state index in [0.717, 1.165) is 31.2 Å². The molecular weight excluding hydrogens is 466 g/mol. The van der Waals surface area contributed by atoms with Crippen molar-refractivity contribution in [1.82, 2.24) is 14.8 Å². The molecule has 1 aromatic carbocycles. The molecule has 2 aliphatic heterocycles. The predicted molar refractivity (Wildman–Crippen MR) is 134 cm³/mol. The Morgan fingerprint density at radius 3 is 2.69 bits per heavy atom. The van der Waals surface area contributed by atoms with Crippen molar-refractivity contribution in [1.29, 1.82) is 0 Å². The summed E-state index contributed by atoms with van der Waals surface area (Å²) in [7, 11) is 0. The molecule has 10 heteroatoms. The van der Waals surface area contributed by atoms with Gasteiger partial charge in [0.05, 0.1) is 31.8 Å². The zero-order valence-corrected chi connectivity index (χ0v) is 20.9. The number of ether oxygens (including phenoxy) is 2. The van der Waals surface area contributed by atoms with Crippen LogP contribution in [0.15, 0.2) is 46.2 Å². The lowest BCUT2D eigenvalue weighted by Crippen LogP contribution is -2.40. The van der Waals surface area contributed by atoms with Crippen molar-refractivity contribution in [2.45, 2.75) is 38.4 Å². The highest BCUT2D eigenvalue weighted by molar-refractivity contribution is 7.99. The van der Waals surface area contributed by atoms with Gasteiger partial charge in [-0.25, -0.2) is 0 Å². The number of nitrogens with one attached hydrogen (secondary N) is 1. The molecule has 4 heterocycles. The molecule has 3 aromatic rings. The number of thioether (sulfide) groups is 1. The summed E-state index contributed by atoms with van der Waals surface area (Å²) in [6, 6.07) is 9.28. The number of piperidine rings is 1. The Morgan fingerprint density at radius 1 is 1.11 bits per heavy atom. The standard InChI is InChI=1S/C25H31N5O4S/c1-17-11-18(2)14-29(13-17)24-27-28-25(30(24)15-20-5-3-8-32-20)35-16-23(31)26-19-6-7-21-22(12-19)34-10-4-9-33-21/h3,5-8,12,17-18H,4,9-11,13-16H2,1-2H3,(H,26,31). The summed E-state index contributed by atoms with van der Waals surface area (Å²) in [6.07, 6.45) is 3.72. The lowest BCUT2D eigenvalue weighted by atomic mass is 9.92. The third-order valence-electron chi connectivity index (χ3n) is 6.11. The first-order valence-electron chi connectivity index (χ1n) is 12.1. The van der Waals surface area contributed by atoms with E-state index in [9.17, 15) is 4.79 Å². The highest BCUT2D eigenvalue weighted by atomic mass is 32.2. The molecule has 2 unspecified atom stereocenters. The summed E-state index contributed by atoms with van der Waals surface area (Å²) >= 11 is 1.37. The van der Waals surface area contributed by atoms with Crippen LogP contribution in [0.2, 0.25) is 0 Å². The fourth-order valence-corrected chi connectivity index (χ4v) is 5.45. The summed E-state index contributed by atoms with van der Waals surface area (Å²) < 4.78 is 19.0. The van der Waals surface area contributed by atoms with Gasteiger partial charge in [-0.05, 0) is 42.5 Å². The van der Waals surface area contributed by atoms with Crippen molar-refractivity contribution in [2.75, 3.05) is 42.3 Å². The van der Waals surface area contributed by atoms with Gasteiger partial charge >= 0.3 is 0 Å². The van der Waals surface area contributed by atoms with Gasteiger partial charge in [0.1, 0.15) is 5.76 Å². The summed E-state index contributed by atoms with van der Waals surface area (Å²) in [4.78, 5) is 15.1. The molecule has 0 saturated carbocycles. The number of carbonyl (C=O) groups is 1. The van der Waals surface area contributed by atoms with Crippen LogP contribution in [-0.4, -0.2) is 52.7 Å². The SMILES string of the molecule is CC1CC(C)CN(c2nnc(SCC(=O)Nc3ccc4c(c3)OCCCO4)n2Cc2ccco2)C1. The van der Waals surface area contributed by atoms with Crippen LogP contribution < -0.4 is 19.7 Å². The molecule has 1 saturated heterocycles. The molecule has 0 spiro atoms. The molecule has 35 heavy (non-hydrogen) atoms. The van der Waals surface area contributed by atoms with E-state index in [0.29, 0.717) is 53.9 Å². The monoisotopic (exact) mass is 497 g/mol. The maximum Gasteiger partial charge on any atom is 0.234 e. The molecule has 1 amide bonds. The topological polar surface area (TPSA) is 94.7 Å². The zero-order chi connectivity index (χ0) is 24.2. The first-order valence-corrected chi connectivity index (χ1v) is 13.1. The van der Waals surface area contributed by atoms with Gasteiger partial charge in [-0.2, -0.15) is 0 Å². The normalized spacial score (nSPS) is 19.9. The summed E-state index contributed by atoms with van der Waals surface area (Å²) in [5.74, 6) is 4.26. The third-order valence-corrected chi connectivity index (χ3v) is 7.07. The van der Waals surface area contributed by atoms with E-state index < -0.39 is 0 Å². The first-order chi connectivity index (χ1) is 17.0. The summed E-state index contributed by atoms with van der Waals surface area (Å²) in [6.45, 7) is 8.17. The van der Waals surface area contributed by atoms with E-state index in [1.165, 1.54) is 18.2 Å². The number of benzene rings is 1. The zero-order valence-electron chi connectivity index (χ0n) is 20.1. The quantitative estimate of drug-likeness (QED) is 0.483. The van der Waals surface area contributed by atoms with Gasteiger partial charge in [-0.15, -0.1) is 10.2 Å². The molecule has 186 valence electrons. The fraction of sp³-hybridized carbons (Fsp3) is 0.480. The average Bonchev–Trinajstić information content (AvgIpc) is 3.42. The molecule has 9 nitrogen and oxygen atoms in total. The number of hydrogen-bond acceptors (Lipinski definition) is 8. The molecule has 1 fully saturated rings. The van der Waals surface area contributed by atoms with Crippen molar-refractivity contribution in [2.24, 2.45) is 11.8 Å². The van der Waals surface area contributed by atoms with Gasteiger partial charge in [0, 0.05) is 31.3 Å². The van der Waals surface area contributed by atoms with Crippen molar-refractivity contribution in [3.8, 4) is 11.5 Å². The van der Waals surface area contributed by atoms with Crippen molar-refractivity contribution >= 4 is 29.3 Å². The molecular formula is C25H31N5O4S. The second-order valence-corrected chi connectivity index (χ2v) is 10.3. The Morgan fingerprint density at radius 2 is 1.91 bits per heavy atom. The van der Waals surface area contributed by atoms with E-state index in [1.54, 1.807) is 12.3 Å². The number of amides is 1. The maximum atomic E-state index is 12.8. The minimum absolute atomic E-state index is 0.126. The van der Waals surface area contributed by atoms with Crippen LogP contribution >= 0.6 is 11.8 Å². The van der Waals surface area contributed by atoms with E-state index in [4.69, 9.17) is 13.9 Å². The van der Waals surface area contributed by atoms with E-state index in [1.807, 2.05) is 24.3 Å². The predicted octanol–water partition coefficient (Wildman–Crippen LogP) is 4.29. The van der Waals surface area contributed by atoms with Crippen LogP contribution in [0.1, 0.15) is 32.4 Å². The van der Waals surface area contributed by atoms with Gasteiger partial charge < -0.3 is 24.1 Å². The van der Waals surface area contributed by atoms with Gasteiger partial charge in [0.2, 0.25) is 11.9 Å². The average molecular weight is 498 g/mol. The van der Waals surface area contributed by atoms with Gasteiger partial charge in [-0.1, -0.05) is 25.6 Å². The number of carbonyl (C=O) groups excluding carboxylic acids is 1. The van der Waals surface area contributed by atoms with Crippen LogP contribution in [0.4, 0.5) is 11.6 Å².